The molecule has 0 unspecified atom stereocenters. The van der Waals surface area contributed by atoms with Crippen LogP contribution >= 0.6 is 0 Å². The summed E-state index contributed by atoms with van der Waals surface area (Å²) in [6.45, 7) is 7.46. The second-order valence-electron chi connectivity index (χ2n) is 7.53. The minimum atomic E-state index is -0.460. The molecular weight excluding hydrogens is 334 g/mol. The van der Waals surface area contributed by atoms with Gasteiger partial charge in [-0.2, -0.15) is 0 Å². The maximum absolute atomic E-state index is 12.4. The molecule has 1 amide bonds. The Morgan fingerprint density at radius 2 is 2.04 bits per heavy atom. The molecule has 1 aromatic rings. The van der Waals surface area contributed by atoms with Crippen molar-refractivity contribution < 1.29 is 19.0 Å². The zero-order valence-corrected chi connectivity index (χ0v) is 16.4. The molecule has 0 spiro atoms. The predicted octanol–water partition coefficient (Wildman–Crippen LogP) is 3.57. The summed E-state index contributed by atoms with van der Waals surface area (Å²) >= 11 is 0. The average molecular weight is 365 g/mol. The monoisotopic (exact) mass is 365 g/mol. The van der Waals surface area contributed by atoms with Crippen LogP contribution in [0.2, 0.25) is 0 Å². The van der Waals surface area contributed by atoms with Gasteiger partial charge in [-0.3, -0.25) is 4.98 Å². The zero-order chi connectivity index (χ0) is 19.0. The number of methoxy groups -OCH3 is 1. The number of carbonyl (C=O) groups is 1. The average Bonchev–Trinajstić information content (AvgIpc) is 2.60. The van der Waals surface area contributed by atoms with Gasteiger partial charge in [0.25, 0.3) is 0 Å². The first-order chi connectivity index (χ1) is 12.4. The zero-order valence-electron chi connectivity index (χ0n) is 16.4. The lowest BCUT2D eigenvalue weighted by molar-refractivity contribution is 0.00721. The molecule has 1 fully saturated rings. The van der Waals surface area contributed by atoms with Gasteiger partial charge in [0.2, 0.25) is 5.88 Å². The fourth-order valence-electron chi connectivity index (χ4n) is 3.08. The molecular formula is C19H31N3O4. The number of nitrogens with zero attached hydrogens (tertiary/aromatic N) is 3. The van der Waals surface area contributed by atoms with Gasteiger partial charge in [0.05, 0.1) is 13.7 Å². The second kappa shape index (κ2) is 9.71. The number of carbonyl (C=O) groups excluding carboxylic acids is 1. The fraction of sp³-hybridized carbons (Fsp3) is 0.737. The van der Waals surface area contributed by atoms with Gasteiger partial charge < -0.3 is 19.1 Å². The van der Waals surface area contributed by atoms with Crippen molar-refractivity contribution in [2.45, 2.75) is 71.1 Å². The highest BCUT2D eigenvalue weighted by molar-refractivity contribution is 5.68. The van der Waals surface area contributed by atoms with Crippen molar-refractivity contribution >= 4 is 6.09 Å². The van der Waals surface area contributed by atoms with Crippen molar-refractivity contribution in [1.29, 1.82) is 0 Å². The van der Waals surface area contributed by atoms with Crippen molar-refractivity contribution in [2.75, 3.05) is 20.3 Å². The minimum absolute atomic E-state index is 0.201. The highest BCUT2D eigenvalue weighted by Gasteiger charge is 2.29. The van der Waals surface area contributed by atoms with Gasteiger partial charge >= 0.3 is 6.09 Å². The summed E-state index contributed by atoms with van der Waals surface area (Å²) in [5, 5.41) is 0. The van der Waals surface area contributed by atoms with E-state index in [1.807, 2.05) is 25.7 Å². The Hall–Kier alpha value is -1.89. The smallest absolute Gasteiger partial charge is 0.410 e. The molecule has 0 aliphatic carbocycles. The first kappa shape index (κ1) is 20.4. The highest BCUT2D eigenvalue weighted by Crippen LogP contribution is 2.23. The molecule has 1 atom stereocenters. The van der Waals surface area contributed by atoms with E-state index in [-0.39, 0.29) is 12.1 Å². The van der Waals surface area contributed by atoms with Crippen molar-refractivity contribution in [3.05, 3.63) is 18.1 Å². The summed E-state index contributed by atoms with van der Waals surface area (Å²) in [6.07, 6.45) is 8.03. The van der Waals surface area contributed by atoms with E-state index in [0.29, 0.717) is 24.8 Å². The molecule has 0 saturated carbocycles. The van der Waals surface area contributed by atoms with Crippen LogP contribution in [-0.4, -0.2) is 52.9 Å². The standard InChI is InChI=1S/C19H31N3O4/c1-19(2,3)26-18(23)22-12-6-5-8-15(22)9-7-13-25-14-16-17(24-4)21-11-10-20-16/h10-11,15H,5-9,12-14H2,1-4H3/t15-/m1/s1. The van der Waals surface area contributed by atoms with Gasteiger partial charge in [-0.05, 0) is 52.9 Å². The topological polar surface area (TPSA) is 73.8 Å². The molecule has 1 aliphatic rings. The number of amides is 1. The van der Waals surface area contributed by atoms with E-state index in [4.69, 9.17) is 14.2 Å². The lowest BCUT2D eigenvalue weighted by Gasteiger charge is -2.36. The first-order valence-electron chi connectivity index (χ1n) is 9.32. The SMILES string of the molecule is COc1nccnc1COCCC[C@H]1CCCCN1C(=O)OC(C)(C)C. The largest absolute Gasteiger partial charge is 0.480 e. The van der Waals surface area contributed by atoms with Crippen LogP contribution < -0.4 is 4.74 Å². The molecule has 2 rings (SSSR count). The van der Waals surface area contributed by atoms with Gasteiger partial charge in [0.1, 0.15) is 11.3 Å². The van der Waals surface area contributed by atoms with Crippen LogP contribution in [0.3, 0.4) is 0 Å². The van der Waals surface area contributed by atoms with Crippen LogP contribution in [0.4, 0.5) is 4.79 Å². The summed E-state index contributed by atoms with van der Waals surface area (Å²) in [5.41, 5.74) is 0.237. The number of hydrogen-bond acceptors (Lipinski definition) is 6. The van der Waals surface area contributed by atoms with Crippen LogP contribution in [0.15, 0.2) is 12.4 Å². The Kier molecular flexibility index (Phi) is 7.63. The number of ether oxygens (including phenoxy) is 3. The molecule has 1 aromatic heterocycles. The molecule has 0 bridgehead atoms. The quantitative estimate of drug-likeness (QED) is 0.688. The Balaban J connectivity index is 1.75. The van der Waals surface area contributed by atoms with Gasteiger partial charge in [-0.15, -0.1) is 0 Å². The molecule has 0 radical (unpaired) electrons. The van der Waals surface area contributed by atoms with E-state index in [0.717, 1.165) is 38.6 Å². The van der Waals surface area contributed by atoms with E-state index in [1.54, 1.807) is 19.5 Å². The number of hydrogen-bond donors (Lipinski definition) is 0. The van der Waals surface area contributed by atoms with Crippen molar-refractivity contribution in [3.8, 4) is 5.88 Å². The molecule has 2 heterocycles. The third-order valence-electron chi connectivity index (χ3n) is 4.25. The first-order valence-corrected chi connectivity index (χ1v) is 9.32. The second-order valence-corrected chi connectivity index (χ2v) is 7.53. The Labute approximate surface area is 156 Å². The Morgan fingerprint density at radius 3 is 2.77 bits per heavy atom. The van der Waals surface area contributed by atoms with Gasteiger partial charge in [-0.1, -0.05) is 0 Å². The summed E-state index contributed by atoms with van der Waals surface area (Å²) in [7, 11) is 1.57. The van der Waals surface area contributed by atoms with Crippen LogP contribution in [0.25, 0.3) is 0 Å². The minimum Gasteiger partial charge on any atom is -0.480 e. The number of likely N-dealkylation sites (tertiary alicyclic amines) is 1. The van der Waals surface area contributed by atoms with Crippen LogP contribution in [0.1, 0.15) is 58.6 Å². The van der Waals surface area contributed by atoms with Crippen molar-refractivity contribution in [2.24, 2.45) is 0 Å². The summed E-state index contributed by atoms with van der Waals surface area (Å²) in [4.78, 5) is 22.6. The maximum atomic E-state index is 12.4. The van der Waals surface area contributed by atoms with Crippen LogP contribution in [-0.2, 0) is 16.1 Å². The van der Waals surface area contributed by atoms with E-state index in [9.17, 15) is 4.79 Å². The number of piperidine rings is 1. The van der Waals surface area contributed by atoms with Crippen LogP contribution in [0, 0.1) is 0 Å². The van der Waals surface area contributed by atoms with Crippen molar-refractivity contribution in [3.63, 3.8) is 0 Å². The Bertz CT molecular complexity index is 574. The lowest BCUT2D eigenvalue weighted by atomic mass is 9.98. The fourth-order valence-corrected chi connectivity index (χ4v) is 3.08. The Morgan fingerprint density at radius 1 is 1.27 bits per heavy atom. The molecule has 1 saturated heterocycles. The molecule has 7 nitrogen and oxygen atoms in total. The van der Waals surface area contributed by atoms with E-state index in [2.05, 4.69) is 9.97 Å². The molecule has 146 valence electrons. The third-order valence-corrected chi connectivity index (χ3v) is 4.25. The maximum Gasteiger partial charge on any atom is 0.410 e. The lowest BCUT2D eigenvalue weighted by Crippen LogP contribution is -2.46. The van der Waals surface area contributed by atoms with Gasteiger partial charge in [-0.25, -0.2) is 9.78 Å². The predicted molar refractivity (Wildman–Crippen MR) is 98.1 cm³/mol. The molecule has 26 heavy (non-hydrogen) atoms. The highest BCUT2D eigenvalue weighted by atomic mass is 16.6. The summed E-state index contributed by atoms with van der Waals surface area (Å²) in [5.74, 6) is 0.496. The number of rotatable bonds is 7. The van der Waals surface area contributed by atoms with E-state index >= 15 is 0 Å². The van der Waals surface area contributed by atoms with Gasteiger partial charge in [0.15, 0.2) is 0 Å². The molecule has 1 aliphatic heterocycles. The normalized spacial score (nSPS) is 17.8. The van der Waals surface area contributed by atoms with E-state index in [1.165, 1.54) is 0 Å². The van der Waals surface area contributed by atoms with Crippen molar-refractivity contribution in [1.82, 2.24) is 14.9 Å². The molecule has 0 N–H and O–H groups in total. The summed E-state index contributed by atoms with van der Waals surface area (Å²) < 4.78 is 16.4. The van der Waals surface area contributed by atoms with Gasteiger partial charge in [0, 0.05) is 31.6 Å². The third kappa shape index (κ3) is 6.44. The number of aromatic nitrogens is 2. The molecule has 7 heteroatoms. The van der Waals surface area contributed by atoms with Crippen LogP contribution in [0.5, 0.6) is 5.88 Å². The molecule has 0 aromatic carbocycles. The van der Waals surface area contributed by atoms with E-state index < -0.39 is 5.60 Å². The summed E-state index contributed by atoms with van der Waals surface area (Å²) in [6, 6.07) is 0.230.